The van der Waals surface area contributed by atoms with Gasteiger partial charge in [0.25, 0.3) is 5.91 Å². The van der Waals surface area contributed by atoms with Crippen LogP contribution >= 0.6 is 11.8 Å². The molecule has 4 rings (SSSR count). The zero-order valence-electron chi connectivity index (χ0n) is 11.6. The van der Waals surface area contributed by atoms with Gasteiger partial charge in [0.05, 0.1) is 5.56 Å². The third kappa shape index (κ3) is 1.79. The molecule has 4 nitrogen and oxygen atoms in total. The molecule has 1 amide bonds. The highest BCUT2D eigenvalue weighted by atomic mass is 32.2. The number of hydrogen-bond donors (Lipinski definition) is 1. The Morgan fingerprint density at radius 3 is 2.70 bits per heavy atom. The normalized spacial score (nSPS) is 34.5. The van der Waals surface area contributed by atoms with Crippen LogP contribution in [0.25, 0.3) is 0 Å². The van der Waals surface area contributed by atoms with E-state index in [1.54, 1.807) is 18.0 Å². The Bertz CT molecular complexity index is 532. The largest absolute Gasteiger partial charge is 0.338 e. The number of carbonyl (C=O) groups is 1. The van der Waals surface area contributed by atoms with Crippen molar-refractivity contribution in [1.82, 2.24) is 15.2 Å². The standard InChI is InChI=1S/C15H19N3OS/c1-20-14-9(3-2-6-16-14)15(19)18-7-10-11(8-18)13-5-4-12(10)17-13/h2-3,6,10-13,17H,4-5,7-8H2,1H3/t10-,11+,12-,13+. The third-order valence-corrected chi connectivity index (χ3v) is 5.86. The molecular weight excluding hydrogens is 270 g/mol. The van der Waals surface area contributed by atoms with Crippen molar-refractivity contribution in [1.29, 1.82) is 0 Å². The van der Waals surface area contributed by atoms with Crippen molar-refractivity contribution in [3.05, 3.63) is 23.9 Å². The monoisotopic (exact) mass is 289 g/mol. The van der Waals surface area contributed by atoms with E-state index in [1.165, 1.54) is 12.8 Å². The first-order valence-electron chi connectivity index (χ1n) is 7.32. The molecule has 5 heteroatoms. The number of hydrogen-bond acceptors (Lipinski definition) is 4. The second kappa shape index (κ2) is 4.74. The SMILES string of the molecule is CSc1ncccc1C(=O)N1C[C@@H]2[C@H](C1)[C@@H]1CC[C@H]2N1. The van der Waals surface area contributed by atoms with Crippen LogP contribution in [0.2, 0.25) is 0 Å². The first-order chi connectivity index (χ1) is 9.78. The van der Waals surface area contributed by atoms with E-state index < -0.39 is 0 Å². The van der Waals surface area contributed by atoms with Crippen LogP contribution in [0.3, 0.4) is 0 Å². The van der Waals surface area contributed by atoms with Gasteiger partial charge in [-0.15, -0.1) is 11.8 Å². The number of likely N-dealkylation sites (tertiary alicyclic amines) is 1. The first-order valence-corrected chi connectivity index (χ1v) is 8.54. The second-order valence-corrected chi connectivity index (χ2v) is 6.85. The maximum atomic E-state index is 12.7. The lowest BCUT2D eigenvalue weighted by molar-refractivity contribution is 0.0774. The average Bonchev–Trinajstić information content (AvgIpc) is 3.18. The van der Waals surface area contributed by atoms with E-state index in [4.69, 9.17) is 0 Å². The van der Waals surface area contributed by atoms with Crippen LogP contribution < -0.4 is 5.32 Å². The molecule has 1 N–H and O–H groups in total. The fourth-order valence-electron chi connectivity index (χ4n) is 4.23. The third-order valence-electron chi connectivity index (χ3n) is 5.14. The van der Waals surface area contributed by atoms with E-state index >= 15 is 0 Å². The number of nitrogens with one attached hydrogen (secondary N) is 1. The van der Waals surface area contributed by atoms with Gasteiger partial charge in [0.15, 0.2) is 0 Å². The summed E-state index contributed by atoms with van der Waals surface area (Å²) in [6.07, 6.45) is 6.31. The summed E-state index contributed by atoms with van der Waals surface area (Å²) in [5.74, 6) is 1.51. The minimum absolute atomic E-state index is 0.163. The van der Waals surface area contributed by atoms with E-state index in [0.717, 1.165) is 23.7 Å². The van der Waals surface area contributed by atoms with E-state index in [0.29, 0.717) is 23.9 Å². The van der Waals surface area contributed by atoms with Crippen LogP contribution in [0.4, 0.5) is 0 Å². The smallest absolute Gasteiger partial charge is 0.256 e. The van der Waals surface area contributed by atoms with Gasteiger partial charge in [0.1, 0.15) is 5.03 Å². The quantitative estimate of drug-likeness (QED) is 0.841. The van der Waals surface area contributed by atoms with Gasteiger partial charge in [-0.25, -0.2) is 4.98 Å². The van der Waals surface area contributed by atoms with Gasteiger partial charge in [0, 0.05) is 31.4 Å². The number of rotatable bonds is 2. The lowest BCUT2D eigenvalue weighted by Crippen LogP contribution is -2.35. The highest BCUT2D eigenvalue weighted by Crippen LogP contribution is 2.43. The molecule has 1 aromatic heterocycles. The molecule has 4 atom stereocenters. The number of fused-ring (bicyclic) bond motifs is 5. The van der Waals surface area contributed by atoms with Crippen LogP contribution in [-0.4, -0.2) is 47.2 Å². The Labute approximate surface area is 123 Å². The fourth-order valence-corrected chi connectivity index (χ4v) is 4.78. The van der Waals surface area contributed by atoms with Crippen LogP contribution in [0.15, 0.2) is 23.4 Å². The highest BCUT2D eigenvalue weighted by molar-refractivity contribution is 7.98. The lowest BCUT2D eigenvalue weighted by Gasteiger charge is -2.19. The second-order valence-electron chi connectivity index (χ2n) is 6.06. The molecule has 0 radical (unpaired) electrons. The van der Waals surface area contributed by atoms with E-state index in [1.807, 2.05) is 18.4 Å². The fraction of sp³-hybridized carbons (Fsp3) is 0.600. The molecule has 106 valence electrons. The molecule has 3 fully saturated rings. The van der Waals surface area contributed by atoms with Crippen molar-refractivity contribution in [2.45, 2.75) is 30.0 Å². The summed E-state index contributed by atoms with van der Waals surface area (Å²) < 4.78 is 0. The molecule has 1 aromatic rings. The van der Waals surface area contributed by atoms with Gasteiger partial charge in [-0.05, 0) is 43.1 Å². The van der Waals surface area contributed by atoms with Gasteiger partial charge in [0.2, 0.25) is 0 Å². The topological polar surface area (TPSA) is 45.2 Å². The zero-order valence-corrected chi connectivity index (χ0v) is 12.4. The van der Waals surface area contributed by atoms with Crippen LogP contribution in [0.1, 0.15) is 23.2 Å². The van der Waals surface area contributed by atoms with Gasteiger partial charge in [-0.1, -0.05) is 0 Å². The Morgan fingerprint density at radius 1 is 1.35 bits per heavy atom. The molecule has 2 bridgehead atoms. The lowest BCUT2D eigenvalue weighted by atomic mass is 9.82. The van der Waals surface area contributed by atoms with Crippen LogP contribution in [0, 0.1) is 11.8 Å². The van der Waals surface area contributed by atoms with Crippen LogP contribution in [0.5, 0.6) is 0 Å². The molecule has 0 unspecified atom stereocenters. The summed E-state index contributed by atoms with van der Waals surface area (Å²) in [4.78, 5) is 19.1. The van der Waals surface area contributed by atoms with Crippen molar-refractivity contribution in [3.8, 4) is 0 Å². The molecule has 0 saturated carbocycles. The zero-order chi connectivity index (χ0) is 13.7. The molecule has 3 aliphatic heterocycles. The Balaban J connectivity index is 1.56. The number of nitrogens with zero attached hydrogens (tertiary/aromatic N) is 2. The molecule has 3 saturated heterocycles. The minimum Gasteiger partial charge on any atom is -0.338 e. The Hall–Kier alpha value is -1.07. The number of amides is 1. The van der Waals surface area contributed by atoms with Gasteiger partial charge < -0.3 is 10.2 Å². The van der Waals surface area contributed by atoms with E-state index in [2.05, 4.69) is 15.2 Å². The Morgan fingerprint density at radius 2 is 2.05 bits per heavy atom. The van der Waals surface area contributed by atoms with Gasteiger partial charge in [-0.2, -0.15) is 0 Å². The number of pyridine rings is 1. The molecule has 0 spiro atoms. The molecule has 0 aromatic carbocycles. The van der Waals surface area contributed by atoms with Crippen molar-refractivity contribution < 1.29 is 4.79 Å². The summed E-state index contributed by atoms with van der Waals surface area (Å²) in [5, 5.41) is 4.54. The van der Waals surface area contributed by atoms with Crippen LogP contribution in [-0.2, 0) is 0 Å². The number of thioether (sulfide) groups is 1. The summed E-state index contributed by atoms with van der Waals surface area (Å²) in [6, 6.07) is 5.06. The molecular formula is C15H19N3OS. The predicted octanol–water partition coefficient (Wildman–Crippen LogP) is 1.63. The van der Waals surface area contributed by atoms with E-state index in [9.17, 15) is 4.79 Å². The number of carbonyl (C=O) groups excluding carboxylic acids is 1. The average molecular weight is 289 g/mol. The van der Waals surface area contributed by atoms with Crippen molar-refractivity contribution in [2.75, 3.05) is 19.3 Å². The summed E-state index contributed by atoms with van der Waals surface area (Å²) in [5.41, 5.74) is 0.764. The maximum absolute atomic E-state index is 12.7. The highest BCUT2D eigenvalue weighted by Gasteiger charge is 2.52. The van der Waals surface area contributed by atoms with Crippen molar-refractivity contribution >= 4 is 17.7 Å². The van der Waals surface area contributed by atoms with Crippen molar-refractivity contribution in [3.63, 3.8) is 0 Å². The molecule has 4 heterocycles. The summed E-state index contributed by atoms with van der Waals surface area (Å²) >= 11 is 1.55. The summed E-state index contributed by atoms with van der Waals surface area (Å²) in [7, 11) is 0. The minimum atomic E-state index is 0.163. The predicted molar refractivity (Wildman–Crippen MR) is 78.8 cm³/mol. The van der Waals surface area contributed by atoms with Gasteiger partial charge in [-0.3, -0.25) is 4.79 Å². The maximum Gasteiger partial charge on any atom is 0.256 e. The first kappa shape index (κ1) is 12.7. The molecule has 20 heavy (non-hydrogen) atoms. The Kier molecular flexibility index (Phi) is 3.00. The van der Waals surface area contributed by atoms with Gasteiger partial charge >= 0.3 is 0 Å². The molecule has 0 aliphatic carbocycles. The summed E-state index contributed by atoms with van der Waals surface area (Å²) in [6.45, 7) is 1.83. The number of aromatic nitrogens is 1. The molecule has 3 aliphatic rings. The van der Waals surface area contributed by atoms with Crippen molar-refractivity contribution in [2.24, 2.45) is 11.8 Å². The van der Waals surface area contributed by atoms with E-state index in [-0.39, 0.29) is 5.91 Å².